The Morgan fingerprint density at radius 2 is 0.736 bits per heavy atom. The van der Waals surface area contributed by atoms with Crippen molar-refractivity contribution in [3.05, 3.63) is 48.6 Å². The van der Waals surface area contributed by atoms with Crippen molar-refractivity contribution in [1.29, 1.82) is 0 Å². The van der Waals surface area contributed by atoms with Crippen LogP contribution in [0.3, 0.4) is 0 Å². The molecule has 0 aliphatic heterocycles. The molecule has 5 heteroatoms. The van der Waals surface area contributed by atoms with Crippen LogP contribution in [-0.4, -0.2) is 61.0 Å². The van der Waals surface area contributed by atoms with E-state index in [0.717, 1.165) is 116 Å². The van der Waals surface area contributed by atoms with E-state index in [4.69, 9.17) is 4.74 Å². The minimum atomic E-state index is -0.289. The second-order valence-corrected chi connectivity index (χ2v) is 15.1. The summed E-state index contributed by atoms with van der Waals surface area (Å²) in [7, 11) is 0. The van der Waals surface area contributed by atoms with Gasteiger partial charge in [-0.25, -0.2) is 0 Å². The Morgan fingerprint density at radius 1 is 0.415 bits per heavy atom. The highest BCUT2D eigenvalue weighted by molar-refractivity contribution is 5.87. The zero-order valence-corrected chi connectivity index (χ0v) is 36.1. The first-order valence-corrected chi connectivity index (χ1v) is 22.8. The molecule has 0 aromatic carbocycles. The van der Waals surface area contributed by atoms with Crippen molar-refractivity contribution in [1.82, 2.24) is 9.80 Å². The molecular weight excluding hydrogens is 653 g/mol. The molecule has 0 saturated carbocycles. The van der Waals surface area contributed by atoms with Crippen molar-refractivity contribution in [2.75, 3.05) is 39.3 Å². The Hall–Kier alpha value is -1.98. The van der Waals surface area contributed by atoms with Gasteiger partial charge in [-0.3, -0.25) is 9.59 Å². The Kier molecular flexibility index (Phi) is 38.2. The molecule has 0 aliphatic rings. The lowest BCUT2D eigenvalue weighted by atomic mass is 9.95. The minimum Gasteiger partial charge on any atom is -0.393 e. The van der Waals surface area contributed by atoms with Crippen LogP contribution in [0.2, 0.25) is 0 Å². The summed E-state index contributed by atoms with van der Waals surface area (Å²) in [5.74, 6) is -1.00. The first-order valence-electron chi connectivity index (χ1n) is 22.8. The van der Waals surface area contributed by atoms with E-state index in [0.29, 0.717) is 0 Å². The Labute approximate surface area is 330 Å². The van der Waals surface area contributed by atoms with E-state index in [1.165, 1.54) is 77.0 Å². The van der Waals surface area contributed by atoms with Crippen molar-refractivity contribution >= 4 is 11.9 Å². The number of unbranched alkanes of at least 4 members (excludes halogenated alkanes) is 14. The molecule has 0 N–H and O–H groups in total. The minimum absolute atomic E-state index is 0.211. The summed E-state index contributed by atoms with van der Waals surface area (Å²) in [4.78, 5) is 31.9. The third-order valence-corrected chi connectivity index (χ3v) is 10.8. The summed E-state index contributed by atoms with van der Waals surface area (Å²) >= 11 is 0. The summed E-state index contributed by atoms with van der Waals surface area (Å²) in [6, 6.07) is 0. The van der Waals surface area contributed by atoms with Gasteiger partial charge < -0.3 is 14.5 Å². The van der Waals surface area contributed by atoms with Crippen LogP contribution in [0.15, 0.2) is 48.6 Å². The number of ether oxygens (including phenoxy) is 1. The number of carbonyl (C=O) groups excluding carboxylic acids is 2. The number of hydrogen-bond donors (Lipinski definition) is 0. The molecule has 0 rings (SSSR count). The molecule has 0 fully saturated rings. The van der Waals surface area contributed by atoms with Crippen molar-refractivity contribution < 1.29 is 14.3 Å². The summed E-state index contributed by atoms with van der Waals surface area (Å²) in [5.41, 5.74) is 0. The van der Waals surface area contributed by atoms with Gasteiger partial charge in [0.05, 0.1) is 11.8 Å². The van der Waals surface area contributed by atoms with Crippen LogP contribution in [0.25, 0.3) is 0 Å². The fourth-order valence-corrected chi connectivity index (χ4v) is 6.83. The van der Waals surface area contributed by atoms with E-state index in [9.17, 15) is 9.59 Å². The molecule has 2 atom stereocenters. The number of nitrogens with zero attached hydrogens (tertiary/aromatic N) is 2. The second kappa shape index (κ2) is 39.7. The molecule has 0 spiro atoms. The van der Waals surface area contributed by atoms with Crippen LogP contribution in [-0.2, 0) is 14.3 Å². The highest BCUT2D eigenvalue weighted by Gasteiger charge is 2.27. The number of carbonyl (C=O) groups is 2. The molecule has 0 aromatic rings. The highest BCUT2D eigenvalue weighted by Crippen LogP contribution is 2.22. The van der Waals surface area contributed by atoms with Crippen LogP contribution in [0, 0.1) is 11.8 Å². The smallest absolute Gasteiger partial charge is 0.316 e. The number of hydrogen-bond acceptors (Lipinski definition) is 5. The third kappa shape index (κ3) is 32.0. The maximum atomic E-state index is 13.6. The molecule has 0 aromatic heterocycles. The van der Waals surface area contributed by atoms with Crippen LogP contribution in [0.4, 0.5) is 0 Å². The zero-order valence-electron chi connectivity index (χ0n) is 36.1. The largest absolute Gasteiger partial charge is 0.393 e. The van der Waals surface area contributed by atoms with Gasteiger partial charge in [0.25, 0.3) is 0 Å². The van der Waals surface area contributed by atoms with Crippen molar-refractivity contribution in [2.24, 2.45) is 11.8 Å². The molecule has 0 radical (unpaired) electrons. The number of rotatable bonds is 38. The van der Waals surface area contributed by atoms with E-state index in [2.05, 4.69) is 100.0 Å². The average molecular weight is 741 g/mol. The van der Waals surface area contributed by atoms with Gasteiger partial charge in [0, 0.05) is 0 Å². The maximum Gasteiger partial charge on any atom is 0.316 e. The molecule has 0 saturated heterocycles. The molecular formula is C48H88N2O3. The second-order valence-electron chi connectivity index (χ2n) is 15.1. The standard InChI is InChI=1S/C48H88N2O3/c1-7-13-15-17-19-21-23-25-27-29-31-33-35-37-39-45(41-43-49(9-3)10-4)47(51)53-48(52)46(42-44-50(11-5)12-6)40-38-36-34-32-30-28-26-24-22-20-18-16-14-8-2/h19-22,25-28,45-46H,7-18,23-24,29-44H2,1-6H3/b21-19-,22-20-,27-25-,28-26-. The van der Waals surface area contributed by atoms with E-state index in [-0.39, 0.29) is 23.8 Å². The lowest BCUT2D eigenvalue weighted by Crippen LogP contribution is -2.32. The van der Waals surface area contributed by atoms with Crippen molar-refractivity contribution in [3.63, 3.8) is 0 Å². The number of allylic oxidation sites excluding steroid dienone is 8. The van der Waals surface area contributed by atoms with Crippen molar-refractivity contribution in [2.45, 2.75) is 196 Å². The lowest BCUT2D eigenvalue weighted by molar-refractivity contribution is -0.166. The van der Waals surface area contributed by atoms with Gasteiger partial charge in [-0.1, -0.05) is 154 Å². The summed E-state index contributed by atoms with van der Waals surface area (Å²) in [6.45, 7) is 18.8. The molecule has 0 heterocycles. The Morgan fingerprint density at radius 3 is 1.06 bits per heavy atom. The van der Waals surface area contributed by atoms with Crippen molar-refractivity contribution in [3.8, 4) is 0 Å². The van der Waals surface area contributed by atoms with E-state index >= 15 is 0 Å². The molecule has 5 nitrogen and oxygen atoms in total. The van der Waals surface area contributed by atoms with E-state index in [1.54, 1.807) is 0 Å². The van der Waals surface area contributed by atoms with Gasteiger partial charge in [0.2, 0.25) is 0 Å². The summed E-state index contributed by atoms with van der Waals surface area (Å²) in [6.07, 6.45) is 45.1. The predicted octanol–water partition coefficient (Wildman–Crippen LogP) is 13.6. The van der Waals surface area contributed by atoms with Gasteiger partial charge in [-0.2, -0.15) is 0 Å². The fourth-order valence-electron chi connectivity index (χ4n) is 6.83. The van der Waals surface area contributed by atoms with Gasteiger partial charge in [-0.15, -0.1) is 0 Å². The first-order chi connectivity index (χ1) is 26.0. The molecule has 0 bridgehead atoms. The Balaban J connectivity index is 4.88. The topological polar surface area (TPSA) is 49.9 Å². The number of esters is 2. The molecule has 0 aliphatic carbocycles. The lowest BCUT2D eigenvalue weighted by Gasteiger charge is -2.24. The van der Waals surface area contributed by atoms with E-state index in [1.807, 2.05) is 0 Å². The quantitative estimate of drug-likeness (QED) is 0.0273. The maximum absolute atomic E-state index is 13.6. The SMILES string of the molecule is CCCCC/C=C\C/C=C\CCCCCCC(CCN(CC)CC)C(=O)OC(=O)C(CCCCCC/C=C\C/C=C\CCCCC)CCN(CC)CC. The Bertz CT molecular complexity index is 857. The van der Waals surface area contributed by atoms with Crippen LogP contribution in [0.1, 0.15) is 196 Å². The predicted molar refractivity (Wildman–Crippen MR) is 232 cm³/mol. The van der Waals surface area contributed by atoms with Crippen LogP contribution in [0.5, 0.6) is 0 Å². The van der Waals surface area contributed by atoms with Crippen LogP contribution >= 0.6 is 0 Å². The van der Waals surface area contributed by atoms with Gasteiger partial charge >= 0.3 is 11.9 Å². The molecule has 53 heavy (non-hydrogen) atoms. The highest BCUT2D eigenvalue weighted by atomic mass is 16.6. The molecule has 2 unspecified atom stereocenters. The van der Waals surface area contributed by atoms with Gasteiger partial charge in [-0.05, 0) is 129 Å². The average Bonchev–Trinajstić information content (AvgIpc) is 3.16. The fraction of sp³-hybridized carbons (Fsp3) is 0.792. The normalized spacial score (nSPS) is 13.5. The van der Waals surface area contributed by atoms with Gasteiger partial charge in [0.1, 0.15) is 0 Å². The zero-order chi connectivity index (χ0) is 39.0. The molecule has 0 amide bonds. The third-order valence-electron chi connectivity index (χ3n) is 10.8. The molecule has 308 valence electrons. The summed E-state index contributed by atoms with van der Waals surface area (Å²) in [5, 5.41) is 0. The van der Waals surface area contributed by atoms with Gasteiger partial charge in [0.15, 0.2) is 0 Å². The first kappa shape index (κ1) is 51.0. The van der Waals surface area contributed by atoms with Crippen LogP contribution < -0.4 is 0 Å². The summed E-state index contributed by atoms with van der Waals surface area (Å²) < 4.78 is 5.77. The monoisotopic (exact) mass is 741 g/mol. The van der Waals surface area contributed by atoms with E-state index < -0.39 is 0 Å².